The fourth-order valence-electron chi connectivity index (χ4n) is 0.167. The Labute approximate surface area is 38.3 Å². The Hall–Kier alpha value is 0.220. The van der Waals surface area contributed by atoms with Gasteiger partial charge in [-0.25, -0.2) is 0 Å². The van der Waals surface area contributed by atoms with Gasteiger partial charge in [0.2, 0.25) is 0 Å². The Morgan fingerprint density at radius 2 is 2.50 bits per heavy atom. The van der Waals surface area contributed by atoms with E-state index in [0.29, 0.717) is 6.61 Å². The summed E-state index contributed by atoms with van der Waals surface area (Å²) < 4.78 is 4.59. The molecular formula is C3H9O2P. The molecule has 0 aromatic heterocycles. The molecule has 0 aliphatic rings. The van der Waals surface area contributed by atoms with Gasteiger partial charge in [0.05, 0.1) is 6.61 Å². The maximum absolute atomic E-state index is 8.32. The van der Waals surface area contributed by atoms with E-state index in [9.17, 15) is 0 Å². The van der Waals surface area contributed by atoms with Crippen molar-refractivity contribution in [2.24, 2.45) is 0 Å². The zero-order chi connectivity index (χ0) is 4.99. The summed E-state index contributed by atoms with van der Waals surface area (Å²) in [4.78, 5) is 8.32. The molecule has 0 aliphatic carbocycles. The fourth-order valence-corrected chi connectivity index (χ4v) is 0.500. The zero-order valence-electron chi connectivity index (χ0n) is 3.77. The van der Waals surface area contributed by atoms with Gasteiger partial charge in [-0.15, -0.1) is 0 Å². The maximum Gasteiger partial charge on any atom is 0.102 e. The van der Waals surface area contributed by atoms with E-state index < -0.39 is 8.00 Å². The fraction of sp³-hybridized carbons (Fsp3) is 0.667. The molecule has 0 aliphatic heterocycles. The van der Waals surface area contributed by atoms with Gasteiger partial charge in [-0.2, -0.15) is 0 Å². The molecule has 0 spiro atoms. The highest BCUT2D eigenvalue weighted by atomic mass is 31.1. The van der Waals surface area contributed by atoms with Crippen LogP contribution in [0.4, 0.5) is 0 Å². The van der Waals surface area contributed by atoms with Crippen LogP contribution in [0.5, 0.6) is 0 Å². The first-order valence-electron chi connectivity index (χ1n) is 1.78. The molecule has 0 amide bonds. The average Bonchev–Trinajstić information content (AvgIpc) is 1.35. The van der Waals surface area contributed by atoms with Crippen LogP contribution in [-0.4, -0.2) is 17.8 Å². The zero-order valence-corrected chi connectivity index (χ0v) is 4.77. The quantitative estimate of drug-likeness (QED) is 0.521. The lowest BCUT2D eigenvalue weighted by atomic mass is 10.9. The molecule has 0 saturated heterocycles. The summed E-state index contributed by atoms with van der Waals surface area (Å²) in [5, 5.41) is 0. The summed E-state index contributed by atoms with van der Waals surface area (Å²) in [6, 6.07) is 0. The standard InChI is InChI=1S/C3H9O2P/c1-3-5-6(2)4/h4,6H,2-3H2,1H3. The largest absolute Gasteiger partial charge is 0.355 e. The topological polar surface area (TPSA) is 29.5 Å². The first-order valence-corrected chi connectivity index (χ1v) is 3.34. The lowest BCUT2D eigenvalue weighted by Crippen LogP contribution is -1.73. The summed E-state index contributed by atoms with van der Waals surface area (Å²) in [7, 11) is -1.64. The molecule has 1 atom stereocenters. The van der Waals surface area contributed by atoms with Crippen LogP contribution < -0.4 is 0 Å². The summed E-state index contributed by atoms with van der Waals surface area (Å²) in [5.74, 6) is 0. The highest BCUT2D eigenvalue weighted by molar-refractivity contribution is 7.44. The van der Waals surface area contributed by atoms with E-state index in [0.717, 1.165) is 0 Å². The molecule has 0 aromatic carbocycles. The molecule has 0 bridgehead atoms. The third kappa shape index (κ3) is 4.22. The number of hydrogen-bond donors (Lipinski definition) is 1. The second-order valence-corrected chi connectivity index (χ2v) is 1.90. The Morgan fingerprint density at radius 3 is 2.50 bits per heavy atom. The van der Waals surface area contributed by atoms with Crippen LogP contribution in [0.2, 0.25) is 0 Å². The summed E-state index contributed by atoms with van der Waals surface area (Å²) >= 11 is 0. The van der Waals surface area contributed by atoms with E-state index in [1.54, 1.807) is 0 Å². The van der Waals surface area contributed by atoms with Gasteiger partial charge in [0.25, 0.3) is 0 Å². The Bertz CT molecular complexity index is 52.8. The first-order chi connectivity index (χ1) is 2.77. The molecule has 38 valence electrons. The van der Waals surface area contributed by atoms with Gasteiger partial charge < -0.3 is 9.42 Å². The van der Waals surface area contributed by atoms with Crippen molar-refractivity contribution < 1.29 is 9.42 Å². The number of hydrogen-bond acceptors (Lipinski definition) is 2. The Balaban J connectivity index is 2.83. The molecule has 0 saturated carbocycles. The molecule has 0 fully saturated rings. The lowest BCUT2D eigenvalue weighted by Gasteiger charge is -1.92. The van der Waals surface area contributed by atoms with Crippen LogP contribution in [0.3, 0.4) is 0 Å². The molecule has 2 nitrogen and oxygen atoms in total. The van der Waals surface area contributed by atoms with E-state index in [-0.39, 0.29) is 0 Å². The van der Waals surface area contributed by atoms with Crippen LogP contribution in [-0.2, 0) is 4.52 Å². The SMILES string of the molecule is C=[PH](O)OCC. The molecular weight excluding hydrogens is 99.0 g/mol. The third-order valence-corrected chi connectivity index (χ3v) is 0.933. The minimum absolute atomic E-state index is 0.564. The predicted molar refractivity (Wildman–Crippen MR) is 29.3 cm³/mol. The molecule has 3 heteroatoms. The first kappa shape index (κ1) is 6.22. The van der Waals surface area contributed by atoms with E-state index in [1.807, 2.05) is 6.92 Å². The van der Waals surface area contributed by atoms with Crippen LogP contribution in [0.25, 0.3) is 0 Å². The molecule has 6 heavy (non-hydrogen) atoms. The van der Waals surface area contributed by atoms with Crippen LogP contribution in [0.1, 0.15) is 6.92 Å². The minimum Gasteiger partial charge on any atom is -0.355 e. The van der Waals surface area contributed by atoms with Crippen LogP contribution in [0.15, 0.2) is 0 Å². The van der Waals surface area contributed by atoms with E-state index in [2.05, 4.69) is 10.8 Å². The lowest BCUT2D eigenvalue weighted by molar-refractivity contribution is 0.344. The normalized spacial score (nSPS) is 14.3. The summed E-state index contributed by atoms with van der Waals surface area (Å²) in [6.07, 6.45) is 3.26. The second kappa shape index (κ2) is 3.41. The maximum atomic E-state index is 8.32. The highest BCUT2D eigenvalue weighted by Gasteiger charge is 1.73. The Kier molecular flexibility index (Phi) is 3.54. The van der Waals surface area contributed by atoms with Crippen molar-refractivity contribution in [1.82, 2.24) is 0 Å². The molecule has 0 radical (unpaired) electrons. The van der Waals surface area contributed by atoms with Crippen molar-refractivity contribution in [3.63, 3.8) is 0 Å². The van der Waals surface area contributed by atoms with E-state index in [4.69, 9.17) is 4.89 Å². The molecule has 1 unspecified atom stereocenters. The number of rotatable bonds is 2. The molecule has 0 rings (SSSR count). The van der Waals surface area contributed by atoms with Crippen LogP contribution in [0, 0.1) is 0 Å². The predicted octanol–water partition coefficient (Wildman–Crippen LogP) is 0.491. The van der Waals surface area contributed by atoms with Gasteiger partial charge in [-0.1, -0.05) is 6.30 Å². The van der Waals surface area contributed by atoms with Crippen molar-refractivity contribution in [3.05, 3.63) is 0 Å². The summed E-state index contributed by atoms with van der Waals surface area (Å²) in [5.41, 5.74) is 0. The van der Waals surface area contributed by atoms with Crippen molar-refractivity contribution >= 4 is 14.3 Å². The average molecular weight is 108 g/mol. The molecule has 0 heterocycles. The van der Waals surface area contributed by atoms with Crippen LogP contribution >= 0.6 is 8.00 Å². The summed E-state index contributed by atoms with van der Waals surface area (Å²) in [6.45, 7) is 2.39. The van der Waals surface area contributed by atoms with E-state index in [1.165, 1.54) is 0 Å². The Morgan fingerprint density at radius 1 is 2.00 bits per heavy atom. The van der Waals surface area contributed by atoms with Crippen molar-refractivity contribution in [2.75, 3.05) is 6.61 Å². The van der Waals surface area contributed by atoms with Gasteiger partial charge in [0, 0.05) is 0 Å². The van der Waals surface area contributed by atoms with Gasteiger partial charge in [0.1, 0.15) is 8.00 Å². The highest BCUT2D eigenvalue weighted by Crippen LogP contribution is 2.11. The second-order valence-electron chi connectivity index (χ2n) is 0.827. The van der Waals surface area contributed by atoms with Gasteiger partial charge >= 0.3 is 0 Å². The van der Waals surface area contributed by atoms with E-state index >= 15 is 0 Å². The smallest absolute Gasteiger partial charge is 0.102 e. The minimum atomic E-state index is -1.64. The van der Waals surface area contributed by atoms with Crippen molar-refractivity contribution in [1.29, 1.82) is 0 Å². The van der Waals surface area contributed by atoms with Crippen molar-refractivity contribution in [3.8, 4) is 0 Å². The van der Waals surface area contributed by atoms with Gasteiger partial charge in [0.15, 0.2) is 0 Å². The van der Waals surface area contributed by atoms with Gasteiger partial charge in [-0.05, 0) is 6.92 Å². The molecule has 1 N–H and O–H groups in total. The third-order valence-electron chi connectivity index (χ3n) is 0.311. The monoisotopic (exact) mass is 108 g/mol. The molecule has 0 aromatic rings. The van der Waals surface area contributed by atoms with Crippen molar-refractivity contribution in [2.45, 2.75) is 6.92 Å². The van der Waals surface area contributed by atoms with Gasteiger partial charge in [-0.3, -0.25) is 0 Å².